The van der Waals surface area contributed by atoms with E-state index in [0.717, 1.165) is 25.7 Å². The smallest absolute Gasteiger partial charge is 0.306 e. The van der Waals surface area contributed by atoms with E-state index in [1.54, 1.807) is 0 Å². The summed E-state index contributed by atoms with van der Waals surface area (Å²) in [5.41, 5.74) is 1.18. The van der Waals surface area contributed by atoms with Crippen LogP contribution in [0.2, 0.25) is 0 Å². The van der Waals surface area contributed by atoms with E-state index >= 15 is 0 Å². The highest BCUT2D eigenvalue weighted by atomic mass is 16.4. The van der Waals surface area contributed by atoms with Gasteiger partial charge in [-0.3, -0.25) is 4.79 Å². The fourth-order valence-corrected chi connectivity index (χ4v) is 2.97. The minimum Gasteiger partial charge on any atom is -0.481 e. The molecule has 1 aliphatic carbocycles. The van der Waals surface area contributed by atoms with Crippen molar-refractivity contribution in [3.05, 3.63) is 35.9 Å². The third-order valence-corrected chi connectivity index (χ3v) is 4.04. The molecule has 0 amide bonds. The Labute approximate surface area is 119 Å². The van der Waals surface area contributed by atoms with E-state index in [9.17, 15) is 9.90 Å². The standard InChI is InChI=1S/C16H23NO3/c18-11-15(9-12-5-2-1-3-6-12)17-14-8-4-7-13(10-14)16(19)20/h1-3,5-6,13-15,17-18H,4,7-11H2,(H,19,20)/t13?,14?,15-/m1/s1. The summed E-state index contributed by atoms with van der Waals surface area (Å²) < 4.78 is 0. The first-order chi connectivity index (χ1) is 9.69. The molecule has 0 spiro atoms. The van der Waals surface area contributed by atoms with Crippen LogP contribution in [0.3, 0.4) is 0 Å². The van der Waals surface area contributed by atoms with Gasteiger partial charge in [0.15, 0.2) is 0 Å². The van der Waals surface area contributed by atoms with Crippen molar-refractivity contribution in [2.75, 3.05) is 6.61 Å². The molecule has 20 heavy (non-hydrogen) atoms. The van der Waals surface area contributed by atoms with E-state index in [2.05, 4.69) is 5.32 Å². The summed E-state index contributed by atoms with van der Waals surface area (Å²) in [6, 6.07) is 10.2. The predicted molar refractivity (Wildman–Crippen MR) is 77.5 cm³/mol. The zero-order valence-corrected chi connectivity index (χ0v) is 11.7. The first-order valence-electron chi connectivity index (χ1n) is 7.32. The van der Waals surface area contributed by atoms with Crippen LogP contribution < -0.4 is 5.32 Å². The van der Waals surface area contributed by atoms with Gasteiger partial charge < -0.3 is 15.5 Å². The second kappa shape index (κ2) is 7.41. The molecule has 2 rings (SSSR count). The molecule has 1 aromatic rings. The Morgan fingerprint density at radius 3 is 2.70 bits per heavy atom. The van der Waals surface area contributed by atoms with Crippen LogP contribution in [0.5, 0.6) is 0 Å². The third-order valence-electron chi connectivity index (χ3n) is 4.04. The van der Waals surface area contributed by atoms with Gasteiger partial charge in [0.05, 0.1) is 12.5 Å². The van der Waals surface area contributed by atoms with Crippen LogP contribution in [-0.4, -0.2) is 34.9 Å². The van der Waals surface area contributed by atoms with Crippen LogP contribution in [0.15, 0.2) is 30.3 Å². The molecule has 110 valence electrons. The maximum absolute atomic E-state index is 11.1. The molecule has 0 saturated heterocycles. The van der Waals surface area contributed by atoms with Gasteiger partial charge in [-0.1, -0.05) is 36.8 Å². The number of hydrogen-bond donors (Lipinski definition) is 3. The van der Waals surface area contributed by atoms with Gasteiger partial charge in [-0.2, -0.15) is 0 Å². The van der Waals surface area contributed by atoms with E-state index in [4.69, 9.17) is 5.11 Å². The van der Waals surface area contributed by atoms with E-state index < -0.39 is 5.97 Å². The molecule has 0 radical (unpaired) electrons. The largest absolute Gasteiger partial charge is 0.481 e. The van der Waals surface area contributed by atoms with Gasteiger partial charge in [0.25, 0.3) is 0 Å². The van der Waals surface area contributed by atoms with Crippen LogP contribution in [-0.2, 0) is 11.2 Å². The minimum atomic E-state index is -0.694. The SMILES string of the molecule is O=C(O)C1CCCC(N[C@@H](CO)Cc2ccccc2)C1. The molecule has 2 unspecified atom stereocenters. The maximum atomic E-state index is 11.1. The predicted octanol–water partition coefficient (Wildman–Crippen LogP) is 1.82. The topological polar surface area (TPSA) is 69.6 Å². The normalized spacial score (nSPS) is 24.2. The number of nitrogens with one attached hydrogen (secondary N) is 1. The van der Waals surface area contributed by atoms with E-state index in [1.807, 2.05) is 30.3 Å². The number of carboxylic acids is 1. The second-order valence-corrected chi connectivity index (χ2v) is 5.63. The highest BCUT2D eigenvalue weighted by Gasteiger charge is 2.28. The Hall–Kier alpha value is -1.39. The number of aliphatic hydroxyl groups is 1. The lowest BCUT2D eigenvalue weighted by Crippen LogP contribution is -2.45. The number of benzene rings is 1. The van der Waals surface area contributed by atoms with Crippen molar-refractivity contribution in [1.29, 1.82) is 0 Å². The number of aliphatic carboxylic acids is 1. The van der Waals surface area contributed by atoms with E-state index in [1.165, 1.54) is 5.56 Å². The Morgan fingerprint density at radius 1 is 1.30 bits per heavy atom. The van der Waals surface area contributed by atoms with E-state index in [0.29, 0.717) is 6.42 Å². The van der Waals surface area contributed by atoms with Gasteiger partial charge in [0.1, 0.15) is 0 Å². The maximum Gasteiger partial charge on any atom is 0.306 e. The van der Waals surface area contributed by atoms with Crippen LogP contribution in [0.4, 0.5) is 0 Å². The number of carboxylic acid groups (broad SMARTS) is 1. The zero-order chi connectivity index (χ0) is 14.4. The Balaban J connectivity index is 1.88. The average molecular weight is 277 g/mol. The molecular formula is C16H23NO3. The molecular weight excluding hydrogens is 254 g/mol. The summed E-state index contributed by atoms with van der Waals surface area (Å²) >= 11 is 0. The van der Waals surface area contributed by atoms with Gasteiger partial charge in [-0.15, -0.1) is 0 Å². The minimum absolute atomic E-state index is 0.00468. The Bertz CT molecular complexity index is 421. The van der Waals surface area contributed by atoms with Crippen molar-refractivity contribution < 1.29 is 15.0 Å². The Kier molecular flexibility index (Phi) is 5.56. The monoisotopic (exact) mass is 277 g/mol. The average Bonchev–Trinajstić information content (AvgIpc) is 2.48. The summed E-state index contributed by atoms with van der Waals surface area (Å²) in [6.07, 6.45) is 4.15. The zero-order valence-electron chi connectivity index (χ0n) is 11.7. The van der Waals surface area contributed by atoms with Crippen molar-refractivity contribution in [3.63, 3.8) is 0 Å². The van der Waals surface area contributed by atoms with E-state index in [-0.39, 0.29) is 24.6 Å². The second-order valence-electron chi connectivity index (χ2n) is 5.63. The number of hydrogen-bond acceptors (Lipinski definition) is 3. The van der Waals surface area contributed by atoms with Gasteiger partial charge in [-0.05, 0) is 31.2 Å². The van der Waals surface area contributed by atoms with Crippen molar-refractivity contribution in [2.45, 2.75) is 44.2 Å². The molecule has 0 aliphatic heterocycles. The molecule has 0 bridgehead atoms. The highest BCUT2D eigenvalue weighted by Crippen LogP contribution is 2.25. The molecule has 1 aromatic carbocycles. The van der Waals surface area contributed by atoms with Crippen LogP contribution in [0.25, 0.3) is 0 Å². The molecule has 1 fully saturated rings. The molecule has 0 heterocycles. The molecule has 3 atom stereocenters. The fourth-order valence-electron chi connectivity index (χ4n) is 2.97. The fraction of sp³-hybridized carbons (Fsp3) is 0.562. The highest BCUT2D eigenvalue weighted by molar-refractivity contribution is 5.70. The first kappa shape index (κ1) is 15.0. The third kappa shape index (κ3) is 4.32. The van der Waals surface area contributed by atoms with Gasteiger partial charge in [0.2, 0.25) is 0 Å². The van der Waals surface area contributed by atoms with Crippen molar-refractivity contribution in [3.8, 4) is 0 Å². The molecule has 0 aromatic heterocycles. The molecule has 3 N–H and O–H groups in total. The van der Waals surface area contributed by atoms with Gasteiger partial charge >= 0.3 is 5.97 Å². The number of aliphatic hydroxyl groups excluding tert-OH is 1. The van der Waals surface area contributed by atoms with Crippen LogP contribution in [0.1, 0.15) is 31.2 Å². The van der Waals surface area contributed by atoms with Crippen LogP contribution >= 0.6 is 0 Å². The Morgan fingerprint density at radius 2 is 2.05 bits per heavy atom. The van der Waals surface area contributed by atoms with Crippen molar-refractivity contribution >= 4 is 5.97 Å². The van der Waals surface area contributed by atoms with Crippen molar-refractivity contribution in [2.24, 2.45) is 5.92 Å². The molecule has 1 saturated carbocycles. The summed E-state index contributed by atoms with van der Waals surface area (Å²) in [5, 5.41) is 22.0. The number of rotatable bonds is 6. The summed E-state index contributed by atoms with van der Waals surface area (Å²) in [5.74, 6) is -0.933. The summed E-state index contributed by atoms with van der Waals surface area (Å²) in [7, 11) is 0. The van der Waals surface area contributed by atoms with Gasteiger partial charge in [0, 0.05) is 12.1 Å². The van der Waals surface area contributed by atoms with Gasteiger partial charge in [-0.25, -0.2) is 0 Å². The summed E-state index contributed by atoms with van der Waals surface area (Å²) in [4.78, 5) is 11.1. The molecule has 4 heteroatoms. The number of carbonyl (C=O) groups is 1. The molecule has 4 nitrogen and oxygen atoms in total. The molecule has 1 aliphatic rings. The van der Waals surface area contributed by atoms with Crippen molar-refractivity contribution in [1.82, 2.24) is 5.32 Å². The quantitative estimate of drug-likeness (QED) is 0.742. The lowest BCUT2D eigenvalue weighted by atomic mass is 9.85. The first-order valence-corrected chi connectivity index (χ1v) is 7.32. The summed E-state index contributed by atoms with van der Waals surface area (Å²) in [6.45, 7) is 0.0726. The van der Waals surface area contributed by atoms with Crippen LogP contribution in [0, 0.1) is 5.92 Å². The lowest BCUT2D eigenvalue weighted by molar-refractivity contribution is -0.143. The lowest BCUT2D eigenvalue weighted by Gasteiger charge is -2.30.